The number of benzene rings is 1. The second kappa shape index (κ2) is 4.37. The smallest absolute Gasteiger partial charge is 0.153 e. The van der Waals surface area contributed by atoms with Crippen LogP contribution in [-0.2, 0) is 4.79 Å². The highest BCUT2D eigenvalue weighted by Gasteiger charge is 2.20. The van der Waals surface area contributed by atoms with E-state index < -0.39 is 0 Å². The van der Waals surface area contributed by atoms with E-state index in [-0.39, 0.29) is 0 Å². The normalized spacial score (nSPS) is 17.1. The fourth-order valence-corrected chi connectivity index (χ4v) is 2.01. The number of anilines is 1. The third kappa shape index (κ3) is 1.76. The molecule has 1 aliphatic carbocycles. The van der Waals surface area contributed by atoms with Crippen LogP contribution in [0.1, 0.15) is 0 Å². The first-order valence-corrected chi connectivity index (χ1v) is 5.76. The largest absolute Gasteiger partial charge is 0.298 e. The van der Waals surface area contributed by atoms with Crippen LogP contribution < -0.4 is 10.4 Å². The van der Waals surface area contributed by atoms with Gasteiger partial charge in [0.15, 0.2) is 6.29 Å². The van der Waals surface area contributed by atoms with Crippen molar-refractivity contribution in [3.63, 3.8) is 0 Å². The summed E-state index contributed by atoms with van der Waals surface area (Å²) in [7, 11) is 0. The Balaban J connectivity index is 1.98. The minimum absolute atomic E-state index is 0.657. The zero-order valence-electron chi connectivity index (χ0n) is 9.71. The van der Waals surface area contributed by atoms with Crippen molar-refractivity contribution in [2.24, 2.45) is 0 Å². The molecule has 3 heteroatoms. The van der Waals surface area contributed by atoms with Gasteiger partial charge < -0.3 is 0 Å². The molecule has 0 spiro atoms. The van der Waals surface area contributed by atoms with Gasteiger partial charge in [0.05, 0.1) is 17.0 Å². The Kier molecular flexibility index (Phi) is 2.57. The molecule has 0 saturated carbocycles. The van der Waals surface area contributed by atoms with Crippen LogP contribution in [0.2, 0.25) is 0 Å². The predicted octanol–water partition coefficient (Wildman–Crippen LogP) is 2.47. The molecule has 2 aliphatic rings. The number of carbonyl (C=O) groups excluding carboxylic acids is 1. The van der Waals surface area contributed by atoms with Crippen molar-refractivity contribution < 1.29 is 4.79 Å². The van der Waals surface area contributed by atoms with Crippen molar-refractivity contribution in [3.8, 4) is 0 Å². The first-order chi connectivity index (χ1) is 8.88. The van der Waals surface area contributed by atoms with Crippen LogP contribution in [-0.4, -0.2) is 6.29 Å². The molecule has 0 aromatic heterocycles. The molecule has 1 aliphatic heterocycles. The molecule has 0 fully saturated rings. The Hall–Kier alpha value is -2.55. The highest BCUT2D eigenvalue weighted by atomic mass is 16.1. The van der Waals surface area contributed by atoms with Gasteiger partial charge in [-0.25, -0.2) is 0 Å². The molecule has 0 amide bonds. The average molecular weight is 236 g/mol. The van der Waals surface area contributed by atoms with E-state index in [0.717, 1.165) is 23.2 Å². The maximum atomic E-state index is 11.1. The molecule has 0 atom stereocenters. The van der Waals surface area contributed by atoms with Gasteiger partial charge >= 0.3 is 0 Å². The molecule has 3 rings (SSSR count). The van der Waals surface area contributed by atoms with E-state index in [2.05, 4.69) is 5.43 Å². The minimum atomic E-state index is 0.657. The van der Waals surface area contributed by atoms with Crippen molar-refractivity contribution >= 4 is 12.0 Å². The van der Waals surface area contributed by atoms with Gasteiger partial charge in [-0.05, 0) is 12.1 Å². The first kappa shape index (κ1) is 10.6. The van der Waals surface area contributed by atoms with E-state index >= 15 is 0 Å². The van der Waals surface area contributed by atoms with E-state index in [1.807, 2.05) is 65.8 Å². The number of hydrazine groups is 1. The molecule has 1 heterocycles. The Bertz CT molecular complexity index is 580. The van der Waals surface area contributed by atoms with Crippen LogP contribution in [0.4, 0.5) is 5.69 Å². The van der Waals surface area contributed by atoms with Crippen molar-refractivity contribution in [3.05, 3.63) is 77.7 Å². The summed E-state index contributed by atoms with van der Waals surface area (Å²) in [5, 5.41) is 1.85. The fourth-order valence-electron chi connectivity index (χ4n) is 2.01. The lowest BCUT2D eigenvalue weighted by Crippen LogP contribution is -2.27. The monoisotopic (exact) mass is 236 g/mol. The second-order valence-corrected chi connectivity index (χ2v) is 4.07. The van der Waals surface area contributed by atoms with E-state index in [4.69, 9.17) is 0 Å². The lowest BCUT2D eigenvalue weighted by molar-refractivity contribution is -0.104. The maximum absolute atomic E-state index is 11.1. The summed E-state index contributed by atoms with van der Waals surface area (Å²) < 4.78 is 0. The predicted molar refractivity (Wildman–Crippen MR) is 71.5 cm³/mol. The number of nitrogens with zero attached hydrogens (tertiary/aromatic N) is 1. The number of rotatable bonds is 2. The third-order valence-electron chi connectivity index (χ3n) is 2.90. The summed E-state index contributed by atoms with van der Waals surface area (Å²) in [5.74, 6) is 0. The summed E-state index contributed by atoms with van der Waals surface area (Å²) >= 11 is 0. The molecular weight excluding hydrogens is 224 g/mol. The van der Waals surface area contributed by atoms with Crippen LogP contribution >= 0.6 is 0 Å². The van der Waals surface area contributed by atoms with Crippen molar-refractivity contribution in [2.45, 2.75) is 0 Å². The Morgan fingerprint density at radius 3 is 2.44 bits per heavy atom. The first-order valence-electron chi connectivity index (χ1n) is 5.76. The van der Waals surface area contributed by atoms with Gasteiger partial charge in [0.1, 0.15) is 0 Å². The molecule has 0 saturated heterocycles. The zero-order chi connectivity index (χ0) is 12.4. The Morgan fingerprint density at radius 1 is 1.06 bits per heavy atom. The number of hydrogen-bond donors (Lipinski definition) is 1. The van der Waals surface area contributed by atoms with Crippen LogP contribution in [0, 0.1) is 0 Å². The lowest BCUT2D eigenvalue weighted by Gasteiger charge is -2.17. The number of nitrogens with one attached hydrogen (secondary N) is 1. The van der Waals surface area contributed by atoms with Gasteiger partial charge in [-0.2, -0.15) is 0 Å². The number of hydrogen-bond acceptors (Lipinski definition) is 3. The van der Waals surface area contributed by atoms with Gasteiger partial charge in [-0.3, -0.25) is 15.2 Å². The summed E-state index contributed by atoms with van der Waals surface area (Å²) in [4.78, 5) is 11.1. The summed E-state index contributed by atoms with van der Waals surface area (Å²) in [6.45, 7) is 0. The van der Waals surface area contributed by atoms with Gasteiger partial charge in [0, 0.05) is 11.8 Å². The Labute approximate surface area is 105 Å². The molecular formula is C15H12N2O. The zero-order valence-corrected chi connectivity index (χ0v) is 9.71. The number of para-hydroxylation sites is 1. The summed E-state index contributed by atoms with van der Waals surface area (Å²) in [6, 6.07) is 9.86. The van der Waals surface area contributed by atoms with Crippen LogP contribution in [0.3, 0.4) is 0 Å². The van der Waals surface area contributed by atoms with E-state index in [9.17, 15) is 4.79 Å². The second-order valence-electron chi connectivity index (χ2n) is 4.07. The molecule has 88 valence electrons. The SMILES string of the molecule is O=CC1=CN(c2ccccc2)NC1=C1C=CC=C1. The van der Waals surface area contributed by atoms with E-state index in [1.54, 1.807) is 0 Å². The number of carbonyl (C=O) groups is 1. The topological polar surface area (TPSA) is 32.3 Å². The lowest BCUT2D eigenvalue weighted by atomic mass is 10.1. The fraction of sp³-hybridized carbons (Fsp3) is 0. The maximum Gasteiger partial charge on any atom is 0.153 e. The highest BCUT2D eigenvalue weighted by molar-refractivity contribution is 5.84. The molecule has 18 heavy (non-hydrogen) atoms. The molecule has 0 bridgehead atoms. The van der Waals surface area contributed by atoms with Gasteiger partial charge in [0.25, 0.3) is 0 Å². The summed E-state index contributed by atoms with van der Waals surface area (Å²) in [6.07, 6.45) is 10.6. The quantitative estimate of drug-likeness (QED) is 0.801. The minimum Gasteiger partial charge on any atom is -0.298 e. The molecule has 0 radical (unpaired) electrons. The standard InChI is InChI=1S/C15H12N2O/c18-11-13-10-17(14-8-2-1-3-9-14)16-15(13)12-6-4-5-7-12/h1-11,16H. The molecule has 3 nitrogen and oxygen atoms in total. The van der Waals surface area contributed by atoms with E-state index in [1.165, 1.54) is 0 Å². The number of allylic oxidation sites excluding steroid dienone is 6. The van der Waals surface area contributed by atoms with Crippen molar-refractivity contribution in [1.29, 1.82) is 0 Å². The third-order valence-corrected chi connectivity index (χ3v) is 2.90. The van der Waals surface area contributed by atoms with E-state index in [0.29, 0.717) is 5.57 Å². The van der Waals surface area contributed by atoms with Crippen molar-refractivity contribution in [1.82, 2.24) is 5.43 Å². The highest BCUT2D eigenvalue weighted by Crippen LogP contribution is 2.25. The molecule has 1 aromatic carbocycles. The average Bonchev–Trinajstić information content (AvgIpc) is 3.08. The van der Waals surface area contributed by atoms with Crippen LogP contribution in [0.15, 0.2) is 77.7 Å². The molecule has 1 aromatic rings. The molecule has 1 N–H and O–H groups in total. The van der Waals surface area contributed by atoms with Gasteiger partial charge in [-0.15, -0.1) is 0 Å². The van der Waals surface area contributed by atoms with Crippen LogP contribution in [0.25, 0.3) is 0 Å². The Morgan fingerprint density at radius 2 is 1.78 bits per heavy atom. The van der Waals surface area contributed by atoms with Gasteiger partial charge in [-0.1, -0.05) is 42.5 Å². The number of aldehydes is 1. The van der Waals surface area contributed by atoms with Gasteiger partial charge in [0.2, 0.25) is 0 Å². The molecule has 0 unspecified atom stereocenters. The summed E-state index contributed by atoms with van der Waals surface area (Å²) in [5.41, 5.74) is 6.76. The van der Waals surface area contributed by atoms with Crippen molar-refractivity contribution in [2.75, 3.05) is 5.01 Å². The van der Waals surface area contributed by atoms with Crippen LogP contribution in [0.5, 0.6) is 0 Å².